The number of carbonyl (C=O) groups is 1. The van der Waals surface area contributed by atoms with E-state index in [1.807, 2.05) is 25.1 Å². The first-order chi connectivity index (χ1) is 8.58. The average Bonchev–Trinajstić information content (AvgIpc) is 2.35. The minimum Gasteiger partial charge on any atom is -0.287 e. The number of benzene rings is 1. The number of rotatable bonds is 3. The third-order valence-corrected chi connectivity index (χ3v) is 2.72. The highest BCUT2D eigenvalue weighted by molar-refractivity contribution is 5.95. The molecule has 0 aliphatic heterocycles. The number of Topliss-reactive ketones (excluding diaryl/α,β-unsaturated/α-hetero) is 1. The molecule has 92 valence electrons. The zero-order chi connectivity index (χ0) is 13.1. The van der Waals surface area contributed by atoms with Crippen LogP contribution in [-0.2, 0) is 6.54 Å². The standard InChI is InChI=1S/C14H12F2NO/c1-10-4-2-3-7-17(10)9-14(18)11-5-6-12(15)13(16)8-11/h2-8H,9H2,1H3/q+1. The fourth-order valence-electron chi connectivity index (χ4n) is 1.65. The Bertz CT molecular complexity index is 596. The summed E-state index contributed by atoms with van der Waals surface area (Å²) in [7, 11) is 0. The number of nitrogens with zero attached hydrogens (tertiary/aromatic N) is 1. The molecule has 18 heavy (non-hydrogen) atoms. The number of aromatic nitrogens is 1. The number of aryl methyl sites for hydroxylation is 1. The van der Waals surface area contributed by atoms with Crippen LogP contribution >= 0.6 is 0 Å². The van der Waals surface area contributed by atoms with Crippen LogP contribution < -0.4 is 4.57 Å². The lowest BCUT2D eigenvalue weighted by atomic mass is 10.1. The second-order valence-electron chi connectivity index (χ2n) is 4.02. The van der Waals surface area contributed by atoms with Crippen molar-refractivity contribution in [3.05, 3.63) is 65.5 Å². The van der Waals surface area contributed by atoms with Gasteiger partial charge in [0.2, 0.25) is 12.3 Å². The summed E-state index contributed by atoms with van der Waals surface area (Å²) in [6, 6.07) is 8.74. The van der Waals surface area contributed by atoms with Gasteiger partial charge in [-0.05, 0) is 18.2 Å². The summed E-state index contributed by atoms with van der Waals surface area (Å²) < 4.78 is 27.5. The molecule has 0 aliphatic rings. The Labute approximate surface area is 104 Å². The molecular weight excluding hydrogens is 236 g/mol. The van der Waals surface area contributed by atoms with E-state index in [-0.39, 0.29) is 17.9 Å². The molecule has 1 aromatic heterocycles. The molecule has 0 radical (unpaired) electrons. The minimum atomic E-state index is -1.00. The summed E-state index contributed by atoms with van der Waals surface area (Å²) in [5.41, 5.74) is 1.10. The second kappa shape index (κ2) is 5.04. The van der Waals surface area contributed by atoms with Crippen molar-refractivity contribution < 1.29 is 18.1 Å². The number of hydrogen-bond acceptors (Lipinski definition) is 1. The number of halogens is 2. The Hall–Kier alpha value is -2.10. The summed E-state index contributed by atoms with van der Waals surface area (Å²) in [6.07, 6.45) is 1.77. The van der Waals surface area contributed by atoms with E-state index in [1.165, 1.54) is 6.07 Å². The van der Waals surface area contributed by atoms with Crippen molar-refractivity contribution in [1.29, 1.82) is 0 Å². The predicted molar refractivity (Wildman–Crippen MR) is 62.1 cm³/mol. The van der Waals surface area contributed by atoms with Crippen LogP contribution in [-0.4, -0.2) is 5.78 Å². The van der Waals surface area contributed by atoms with Crippen LogP contribution in [0.2, 0.25) is 0 Å². The Balaban J connectivity index is 2.22. The van der Waals surface area contributed by atoms with Crippen LogP contribution in [0, 0.1) is 18.6 Å². The van der Waals surface area contributed by atoms with Crippen LogP contribution in [0.4, 0.5) is 8.78 Å². The van der Waals surface area contributed by atoms with Gasteiger partial charge in [0.25, 0.3) is 0 Å². The van der Waals surface area contributed by atoms with E-state index in [2.05, 4.69) is 0 Å². The highest BCUT2D eigenvalue weighted by Gasteiger charge is 2.15. The molecule has 0 amide bonds. The average molecular weight is 248 g/mol. The van der Waals surface area contributed by atoms with Gasteiger partial charge in [0.15, 0.2) is 23.5 Å². The topological polar surface area (TPSA) is 20.9 Å². The Morgan fingerprint density at radius 3 is 2.61 bits per heavy atom. The van der Waals surface area contributed by atoms with Gasteiger partial charge in [-0.15, -0.1) is 0 Å². The molecule has 1 heterocycles. The molecule has 0 N–H and O–H groups in total. The number of carbonyl (C=O) groups excluding carboxylic acids is 1. The van der Waals surface area contributed by atoms with Crippen LogP contribution in [0.1, 0.15) is 16.1 Å². The van der Waals surface area contributed by atoms with E-state index < -0.39 is 11.6 Å². The molecule has 1 aromatic carbocycles. The molecule has 0 spiro atoms. The summed E-state index contributed by atoms with van der Waals surface area (Å²) in [5, 5.41) is 0. The number of ketones is 1. The van der Waals surface area contributed by atoms with E-state index in [0.717, 1.165) is 17.8 Å². The molecule has 2 aromatic rings. The van der Waals surface area contributed by atoms with Crippen LogP contribution in [0.5, 0.6) is 0 Å². The quantitative estimate of drug-likeness (QED) is 0.603. The molecule has 0 aliphatic carbocycles. The molecule has 0 atom stereocenters. The SMILES string of the molecule is Cc1cccc[n+]1CC(=O)c1ccc(F)c(F)c1. The molecular formula is C14H12F2NO+. The van der Waals surface area contributed by atoms with E-state index in [9.17, 15) is 13.6 Å². The summed E-state index contributed by atoms with van der Waals surface area (Å²) >= 11 is 0. The molecule has 0 bridgehead atoms. The Morgan fingerprint density at radius 2 is 1.94 bits per heavy atom. The van der Waals surface area contributed by atoms with Crippen LogP contribution in [0.25, 0.3) is 0 Å². The van der Waals surface area contributed by atoms with E-state index in [1.54, 1.807) is 10.8 Å². The van der Waals surface area contributed by atoms with E-state index >= 15 is 0 Å². The van der Waals surface area contributed by atoms with Crippen molar-refractivity contribution >= 4 is 5.78 Å². The van der Waals surface area contributed by atoms with Crippen molar-refractivity contribution in [2.75, 3.05) is 0 Å². The molecule has 2 rings (SSSR count). The first-order valence-electron chi connectivity index (χ1n) is 5.51. The first kappa shape index (κ1) is 12.4. The largest absolute Gasteiger partial charge is 0.287 e. The van der Waals surface area contributed by atoms with Gasteiger partial charge in [-0.25, -0.2) is 8.78 Å². The zero-order valence-corrected chi connectivity index (χ0v) is 9.86. The summed E-state index contributed by atoms with van der Waals surface area (Å²) in [6.45, 7) is 1.98. The normalized spacial score (nSPS) is 10.4. The van der Waals surface area contributed by atoms with Crippen molar-refractivity contribution in [1.82, 2.24) is 0 Å². The highest BCUT2D eigenvalue weighted by atomic mass is 19.2. The van der Waals surface area contributed by atoms with Crippen molar-refractivity contribution in [2.45, 2.75) is 13.5 Å². The smallest absolute Gasteiger partial charge is 0.227 e. The lowest BCUT2D eigenvalue weighted by molar-refractivity contribution is -0.689. The molecule has 2 nitrogen and oxygen atoms in total. The molecule has 4 heteroatoms. The van der Waals surface area contributed by atoms with Gasteiger partial charge >= 0.3 is 0 Å². The maximum Gasteiger partial charge on any atom is 0.227 e. The van der Waals surface area contributed by atoms with Gasteiger partial charge in [-0.2, -0.15) is 4.57 Å². The van der Waals surface area contributed by atoms with Crippen molar-refractivity contribution in [3.8, 4) is 0 Å². The lowest BCUT2D eigenvalue weighted by Gasteiger charge is -2.01. The van der Waals surface area contributed by atoms with Crippen LogP contribution in [0.3, 0.4) is 0 Å². The Morgan fingerprint density at radius 1 is 1.17 bits per heavy atom. The van der Waals surface area contributed by atoms with E-state index in [0.29, 0.717) is 0 Å². The maximum absolute atomic E-state index is 13.0. The molecule has 0 unspecified atom stereocenters. The van der Waals surface area contributed by atoms with Crippen LogP contribution in [0.15, 0.2) is 42.6 Å². The van der Waals surface area contributed by atoms with Crippen molar-refractivity contribution in [3.63, 3.8) is 0 Å². The van der Waals surface area contributed by atoms with Crippen molar-refractivity contribution in [2.24, 2.45) is 0 Å². The second-order valence-corrected chi connectivity index (χ2v) is 4.02. The summed E-state index contributed by atoms with van der Waals surface area (Å²) in [5.74, 6) is -2.21. The molecule has 0 fully saturated rings. The number of hydrogen-bond donors (Lipinski definition) is 0. The fourth-order valence-corrected chi connectivity index (χ4v) is 1.65. The Kier molecular flexibility index (Phi) is 3.46. The zero-order valence-electron chi connectivity index (χ0n) is 9.86. The fraction of sp³-hybridized carbons (Fsp3) is 0.143. The van der Waals surface area contributed by atoms with Gasteiger partial charge in [-0.3, -0.25) is 4.79 Å². The van der Waals surface area contributed by atoms with E-state index in [4.69, 9.17) is 0 Å². The third kappa shape index (κ3) is 2.59. The van der Waals surface area contributed by atoms with Gasteiger partial charge in [0.05, 0.1) is 0 Å². The highest BCUT2D eigenvalue weighted by Crippen LogP contribution is 2.09. The first-order valence-corrected chi connectivity index (χ1v) is 5.51. The van der Waals surface area contributed by atoms with Gasteiger partial charge in [0, 0.05) is 24.6 Å². The monoisotopic (exact) mass is 248 g/mol. The molecule has 0 saturated heterocycles. The molecule has 0 saturated carbocycles. The minimum absolute atomic E-state index is 0.109. The van der Waals surface area contributed by atoms with Gasteiger partial charge in [-0.1, -0.05) is 6.07 Å². The maximum atomic E-state index is 13.0. The van der Waals surface area contributed by atoms with Gasteiger partial charge < -0.3 is 0 Å². The summed E-state index contributed by atoms with van der Waals surface area (Å²) in [4.78, 5) is 11.9. The lowest BCUT2D eigenvalue weighted by Crippen LogP contribution is -2.40. The predicted octanol–water partition coefficient (Wildman–Crippen LogP) is 2.44. The number of pyridine rings is 1. The van der Waals surface area contributed by atoms with Gasteiger partial charge in [0.1, 0.15) is 0 Å². The third-order valence-electron chi connectivity index (χ3n) is 2.72.